The van der Waals surface area contributed by atoms with Crippen LogP contribution in [0.15, 0.2) is 30.6 Å². The summed E-state index contributed by atoms with van der Waals surface area (Å²) < 4.78 is 19.0. The van der Waals surface area contributed by atoms with Gasteiger partial charge in [-0.25, -0.2) is 14.4 Å². The summed E-state index contributed by atoms with van der Waals surface area (Å²) in [6, 6.07) is 6.25. The van der Waals surface area contributed by atoms with Gasteiger partial charge in [0.25, 0.3) is 0 Å². The number of benzene rings is 1. The molecule has 1 aromatic carbocycles. The molecule has 1 amide bonds. The Morgan fingerprint density at radius 2 is 2.12 bits per heavy atom. The van der Waals surface area contributed by atoms with Crippen molar-refractivity contribution >= 4 is 11.7 Å². The molecule has 7 heteroatoms. The molecule has 2 heterocycles. The van der Waals surface area contributed by atoms with Gasteiger partial charge in [-0.15, -0.1) is 0 Å². The molecule has 138 valence electrons. The van der Waals surface area contributed by atoms with Crippen LogP contribution in [-0.2, 0) is 4.79 Å². The number of carbonyl (C=O) groups excluding carboxylic acids is 1. The van der Waals surface area contributed by atoms with E-state index in [0.29, 0.717) is 43.2 Å². The van der Waals surface area contributed by atoms with Crippen LogP contribution in [0.4, 0.5) is 10.2 Å². The Balaban J connectivity index is 1.72. The van der Waals surface area contributed by atoms with E-state index in [1.807, 2.05) is 18.7 Å². The van der Waals surface area contributed by atoms with Gasteiger partial charge in [0, 0.05) is 38.2 Å². The lowest BCUT2D eigenvalue weighted by Crippen LogP contribution is -2.54. The molecule has 6 nitrogen and oxygen atoms in total. The van der Waals surface area contributed by atoms with E-state index in [9.17, 15) is 9.18 Å². The van der Waals surface area contributed by atoms with Crippen molar-refractivity contribution < 1.29 is 13.9 Å². The van der Waals surface area contributed by atoms with E-state index in [0.717, 1.165) is 5.82 Å². The lowest BCUT2D eigenvalue weighted by molar-refractivity contribution is -0.133. The third kappa shape index (κ3) is 3.92. The molecule has 0 bridgehead atoms. The molecule has 1 aromatic heterocycles. The molecular formula is C19H23FN4O2. The van der Waals surface area contributed by atoms with Gasteiger partial charge in [0.15, 0.2) is 0 Å². The fraction of sp³-hybridized carbons (Fsp3) is 0.421. The summed E-state index contributed by atoms with van der Waals surface area (Å²) in [5.74, 6) is 1.60. The zero-order valence-corrected chi connectivity index (χ0v) is 15.3. The summed E-state index contributed by atoms with van der Waals surface area (Å²) in [7, 11) is 0. The van der Waals surface area contributed by atoms with Crippen molar-refractivity contribution in [3.8, 4) is 11.6 Å². The number of hydrogen-bond acceptors (Lipinski definition) is 5. The van der Waals surface area contributed by atoms with E-state index in [-0.39, 0.29) is 17.8 Å². The van der Waals surface area contributed by atoms with Crippen molar-refractivity contribution in [1.29, 1.82) is 0 Å². The molecule has 0 N–H and O–H groups in total. The molecule has 2 aromatic rings. The summed E-state index contributed by atoms with van der Waals surface area (Å²) in [6.07, 6.45) is 1.98. The van der Waals surface area contributed by atoms with Gasteiger partial charge in [-0.1, -0.05) is 6.92 Å². The minimum Gasteiger partial charge on any atom is -0.439 e. The van der Waals surface area contributed by atoms with E-state index < -0.39 is 0 Å². The highest BCUT2D eigenvalue weighted by Gasteiger charge is 2.27. The zero-order valence-electron chi connectivity index (χ0n) is 15.3. The van der Waals surface area contributed by atoms with Gasteiger partial charge >= 0.3 is 0 Å². The Labute approximate surface area is 152 Å². The first-order chi connectivity index (χ1) is 12.5. The van der Waals surface area contributed by atoms with Crippen LogP contribution in [0.25, 0.3) is 0 Å². The average molecular weight is 358 g/mol. The van der Waals surface area contributed by atoms with Gasteiger partial charge in [-0.2, -0.15) is 0 Å². The number of amides is 1. The van der Waals surface area contributed by atoms with Gasteiger partial charge in [-0.05, 0) is 37.6 Å². The molecule has 3 rings (SSSR count). The van der Waals surface area contributed by atoms with Crippen LogP contribution in [0, 0.1) is 12.7 Å². The summed E-state index contributed by atoms with van der Waals surface area (Å²) >= 11 is 0. The van der Waals surface area contributed by atoms with E-state index in [2.05, 4.69) is 14.9 Å². The summed E-state index contributed by atoms with van der Waals surface area (Å²) in [5.41, 5.74) is 0.700. The number of anilines is 1. The fourth-order valence-corrected chi connectivity index (χ4v) is 3.14. The highest BCUT2D eigenvalue weighted by Crippen LogP contribution is 2.26. The first kappa shape index (κ1) is 18.1. The van der Waals surface area contributed by atoms with Crippen LogP contribution in [-0.4, -0.2) is 46.5 Å². The van der Waals surface area contributed by atoms with Crippen LogP contribution in [0.5, 0.6) is 11.6 Å². The number of halogens is 1. The van der Waals surface area contributed by atoms with Crippen LogP contribution in [0.3, 0.4) is 0 Å². The maximum Gasteiger partial charge on any atom is 0.224 e. The average Bonchev–Trinajstić information content (AvgIpc) is 2.63. The van der Waals surface area contributed by atoms with Crippen molar-refractivity contribution in [2.24, 2.45) is 0 Å². The second kappa shape index (κ2) is 7.68. The van der Waals surface area contributed by atoms with Gasteiger partial charge in [0.1, 0.15) is 23.7 Å². The monoisotopic (exact) mass is 358 g/mol. The van der Waals surface area contributed by atoms with Crippen molar-refractivity contribution in [3.05, 3.63) is 42.0 Å². The number of nitrogens with zero attached hydrogens (tertiary/aromatic N) is 4. The SMILES string of the molecule is CCC(=O)N1CCN(c2cc(Oc3ccc(F)cc3C)ncn2)CC1C. The summed E-state index contributed by atoms with van der Waals surface area (Å²) in [5, 5.41) is 0. The van der Waals surface area contributed by atoms with E-state index >= 15 is 0 Å². The summed E-state index contributed by atoms with van der Waals surface area (Å²) in [4.78, 5) is 24.5. The van der Waals surface area contributed by atoms with Crippen molar-refractivity contribution in [2.75, 3.05) is 24.5 Å². The smallest absolute Gasteiger partial charge is 0.224 e. The molecule has 1 saturated heterocycles. The molecule has 1 atom stereocenters. The van der Waals surface area contributed by atoms with Crippen LogP contribution in [0.2, 0.25) is 0 Å². The number of hydrogen-bond donors (Lipinski definition) is 0. The number of carbonyl (C=O) groups is 1. The molecule has 0 spiro atoms. The lowest BCUT2D eigenvalue weighted by Gasteiger charge is -2.40. The van der Waals surface area contributed by atoms with Crippen molar-refractivity contribution in [3.63, 3.8) is 0 Å². The van der Waals surface area contributed by atoms with Gasteiger partial charge < -0.3 is 14.5 Å². The molecule has 26 heavy (non-hydrogen) atoms. The van der Waals surface area contributed by atoms with E-state index in [1.54, 1.807) is 19.1 Å². The number of piperazine rings is 1. The zero-order chi connectivity index (χ0) is 18.7. The normalized spacial score (nSPS) is 17.3. The Morgan fingerprint density at radius 3 is 2.81 bits per heavy atom. The predicted octanol–water partition coefficient (Wildman–Crippen LogP) is 3.16. The maximum absolute atomic E-state index is 13.2. The van der Waals surface area contributed by atoms with Crippen molar-refractivity contribution in [2.45, 2.75) is 33.2 Å². The Hall–Kier alpha value is -2.70. The second-order valence-corrected chi connectivity index (χ2v) is 6.46. The van der Waals surface area contributed by atoms with Gasteiger partial charge in [0.05, 0.1) is 0 Å². The number of aryl methyl sites for hydroxylation is 1. The fourth-order valence-electron chi connectivity index (χ4n) is 3.14. The Bertz CT molecular complexity index is 799. The molecule has 0 saturated carbocycles. The molecule has 1 fully saturated rings. The molecule has 0 radical (unpaired) electrons. The quantitative estimate of drug-likeness (QED) is 0.840. The molecule has 1 unspecified atom stereocenters. The van der Waals surface area contributed by atoms with E-state index in [1.165, 1.54) is 18.5 Å². The van der Waals surface area contributed by atoms with Crippen LogP contribution >= 0.6 is 0 Å². The van der Waals surface area contributed by atoms with Crippen molar-refractivity contribution in [1.82, 2.24) is 14.9 Å². The standard InChI is InChI=1S/C19H23FN4O2/c1-4-19(25)24-8-7-23(11-14(24)3)17-10-18(22-12-21-17)26-16-6-5-15(20)9-13(16)2/h5-6,9-10,12,14H,4,7-8,11H2,1-3H3. The molecular weight excluding hydrogens is 335 g/mol. The van der Waals surface area contributed by atoms with Gasteiger partial charge in [0.2, 0.25) is 11.8 Å². The van der Waals surface area contributed by atoms with Gasteiger partial charge in [-0.3, -0.25) is 4.79 Å². The highest BCUT2D eigenvalue weighted by atomic mass is 19.1. The number of aromatic nitrogens is 2. The Kier molecular flexibility index (Phi) is 5.35. The minimum atomic E-state index is -0.299. The molecule has 1 aliphatic heterocycles. The first-order valence-corrected chi connectivity index (χ1v) is 8.78. The largest absolute Gasteiger partial charge is 0.439 e. The number of ether oxygens (including phenoxy) is 1. The van der Waals surface area contributed by atoms with Crippen LogP contribution < -0.4 is 9.64 Å². The first-order valence-electron chi connectivity index (χ1n) is 8.78. The number of rotatable bonds is 4. The van der Waals surface area contributed by atoms with Crippen LogP contribution in [0.1, 0.15) is 25.8 Å². The molecule has 1 aliphatic rings. The minimum absolute atomic E-state index is 0.120. The second-order valence-electron chi connectivity index (χ2n) is 6.46. The lowest BCUT2D eigenvalue weighted by atomic mass is 10.1. The maximum atomic E-state index is 13.2. The third-order valence-corrected chi connectivity index (χ3v) is 4.55. The predicted molar refractivity (Wildman–Crippen MR) is 96.9 cm³/mol. The third-order valence-electron chi connectivity index (χ3n) is 4.55. The highest BCUT2D eigenvalue weighted by molar-refractivity contribution is 5.76. The topological polar surface area (TPSA) is 58.6 Å². The summed E-state index contributed by atoms with van der Waals surface area (Å²) in [6.45, 7) is 7.80. The Morgan fingerprint density at radius 1 is 1.31 bits per heavy atom. The molecule has 0 aliphatic carbocycles. The van der Waals surface area contributed by atoms with E-state index in [4.69, 9.17) is 4.74 Å².